The van der Waals surface area contributed by atoms with Crippen LogP contribution < -0.4 is 5.73 Å². The Morgan fingerprint density at radius 2 is 2.25 bits per heavy atom. The SMILES string of the molecule is CC1(N)CC=C(c2cccc(C=O)c2)CC1. The van der Waals surface area contributed by atoms with Gasteiger partial charge in [-0.3, -0.25) is 4.79 Å². The van der Waals surface area contributed by atoms with E-state index in [0.717, 1.165) is 36.7 Å². The maximum Gasteiger partial charge on any atom is 0.150 e. The lowest BCUT2D eigenvalue weighted by Crippen LogP contribution is -2.37. The molecule has 0 spiro atoms. The van der Waals surface area contributed by atoms with Crippen molar-refractivity contribution in [3.63, 3.8) is 0 Å². The van der Waals surface area contributed by atoms with Gasteiger partial charge in [-0.1, -0.05) is 24.3 Å². The van der Waals surface area contributed by atoms with Gasteiger partial charge in [0.2, 0.25) is 0 Å². The minimum absolute atomic E-state index is 0.0637. The number of carbonyl (C=O) groups excluding carboxylic acids is 1. The van der Waals surface area contributed by atoms with Gasteiger partial charge in [0.15, 0.2) is 0 Å². The average molecular weight is 215 g/mol. The van der Waals surface area contributed by atoms with Crippen LogP contribution in [0.5, 0.6) is 0 Å². The minimum Gasteiger partial charge on any atom is -0.325 e. The van der Waals surface area contributed by atoms with Crippen LogP contribution in [0.1, 0.15) is 42.1 Å². The summed E-state index contributed by atoms with van der Waals surface area (Å²) in [7, 11) is 0. The molecule has 1 aliphatic rings. The van der Waals surface area contributed by atoms with E-state index in [-0.39, 0.29) is 5.54 Å². The van der Waals surface area contributed by atoms with Crippen molar-refractivity contribution in [1.29, 1.82) is 0 Å². The predicted octanol–water partition coefficient (Wildman–Crippen LogP) is 2.78. The van der Waals surface area contributed by atoms with Crippen LogP contribution in [0.15, 0.2) is 30.3 Å². The molecule has 2 nitrogen and oxygen atoms in total. The quantitative estimate of drug-likeness (QED) is 0.771. The van der Waals surface area contributed by atoms with E-state index in [0.29, 0.717) is 0 Å². The molecule has 0 radical (unpaired) electrons. The zero-order valence-electron chi connectivity index (χ0n) is 9.57. The lowest BCUT2D eigenvalue weighted by Gasteiger charge is -2.28. The van der Waals surface area contributed by atoms with Crippen LogP contribution in [0.3, 0.4) is 0 Å². The Morgan fingerprint density at radius 1 is 1.44 bits per heavy atom. The van der Waals surface area contributed by atoms with Crippen molar-refractivity contribution in [2.24, 2.45) is 5.73 Å². The first-order chi connectivity index (χ1) is 7.61. The van der Waals surface area contributed by atoms with Gasteiger partial charge in [0.1, 0.15) is 6.29 Å². The van der Waals surface area contributed by atoms with Gasteiger partial charge in [-0.2, -0.15) is 0 Å². The number of aldehydes is 1. The highest BCUT2D eigenvalue weighted by molar-refractivity contribution is 5.78. The summed E-state index contributed by atoms with van der Waals surface area (Å²) in [6.07, 6.45) is 6.00. The van der Waals surface area contributed by atoms with Gasteiger partial charge in [-0.15, -0.1) is 0 Å². The first-order valence-corrected chi connectivity index (χ1v) is 5.64. The van der Waals surface area contributed by atoms with Crippen molar-refractivity contribution in [3.8, 4) is 0 Å². The molecule has 2 heteroatoms. The number of benzene rings is 1. The van der Waals surface area contributed by atoms with Gasteiger partial charge in [0, 0.05) is 11.1 Å². The minimum atomic E-state index is -0.0637. The van der Waals surface area contributed by atoms with Gasteiger partial charge >= 0.3 is 0 Å². The summed E-state index contributed by atoms with van der Waals surface area (Å²) in [6.45, 7) is 2.09. The van der Waals surface area contributed by atoms with E-state index in [1.165, 1.54) is 5.57 Å². The van der Waals surface area contributed by atoms with Crippen molar-refractivity contribution in [2.45, 2.75) is 31.7 Å². The van der Waals surface area contributed by atoms with E-state index in [1.54, 1.807) is 0 Å². The monoisotopic (exact) mass is 215 g/mol. The molecule has 1 aliphatic carbocycles. The van der Waals surface area contributed by atoms with Crippen molar-refractivity contribution in [3.05, 3.63) is 41.5 Å². The van der Waals surface area contributed by atoms with Crippen LogP contribution in [0.25, 0.3) is 5.57 Å². The van der Waals surface area contributed by atoms with E-state index in [4.69, 9.17) is 5.73 Å². The van der Waals surface area contributed by atoms with Crippen LogP contribution in [0, 0.1) is 0 Å². The van der Waals surface area contributed by atoms with Gasteiger partial charge < -0.3 is 5.73 Å². The number of rotatable bonds is 2. The highest BCUT2D eigenvalue weighted by atomic mass is 16.1. The zero-order valence-corrected chi connectivity index (χ0v) is 9.57. The molecule has 0 aliphatic heterocycles. The van der Waals surface area contributed by atoms with E-state index in [9.17, 15) is 4.79 Å². The summed E-state index contributed by atoms with van der Waals surface area (Å²) in [5.41, 5.74) is 9.21. The number of allylic oxidation sites excluding steroid dienone is 1. The number of nitrogens with two attached hydrogens (primary N) is 1. The fourth-order valence-electron chi connectivity index (χ4n) is 2.05. The van der Waals surface area contributed by atoms with Crippen LogP contribution >= 0.6 is 0 Å². The Balaban J connectivity index is 2.25. The highest BCUT2D eigenvalue weighted by Crippen LogP contribution is 2.31. The van der Waals surface area contributed by atoms with Crippen molar-refractivity contribution >= 4 is 11.9 Å². The normalized spacial score (nSPS) is 25.0. The molecule has 0 bridgehead atoms. The molecule has 0 aromatic heterocycles. The molecule has 1 aromatic rings. The molecule has 0 fully saturated rings. The van der Waals surface area contributed by atoms with E-state index < -0.39 is 0 Å². The Bertz CT molecular complexity index is 432. The standard InChI is InChI=1S/C14H17NO/c1-14(15)7-5-12(6-8-14)13-4-2-3-11(9-13)10-16/h2-5,9-10H,6-8,15H2,1H3. The second kappa shape index (κ2) is 4.22. The molecule has 1 aromatic carbocycles. The fourth-order valence-corrected chi connectivity index (χ4v) is 2.05. The van der Waals surface area contributed by atoms with Crippen LogP contribution in [-0.2, 0) is 0 Å². The first kappa shape index (κ1) is 11.1. The number of hydrogen-bond donors (Lipinski definition) is 1. The fraction of sp³-hybridized carbons (Fsp3) is 0.357. The lowest BCUT2D eigenvalue weighted by atomic mass is 9.82. The van der Waals surface area contributed by atoms with Crippen molar-refractivity contribution in [1.82, 2.24) is 0 Å². The van der Waals surface area contributed by atoms with Crippen molar-refractivity contribution in [2.75, 3.05) is 0 Å². The molecule has 0 amide bonds. The molecule has 1 unspecified atom stereocenters. The predicted molar refractivity (Wildman–Crippen MR) is 66.2 cm³/mol. The zero-order chi connectivity index (χ0) is 11.6. The maximum atomic E-state index is 10.7. The highest BCUT2D eigenvalue weighted by Gasteiger charge is 2.22. The lowest BCUT2D eigenvalue weighted by molar-refractivity contribution is 0.112. The molecular formula is C14H17NO. The van der Waals surface area contributed by atoms with E-state index in [1.807, 2.05) is 18.2 Å². The van der Waals surface area contributed by atoms with E-state index in [2.05, 4.69) is 19.1 Å². The van der Waals surface area contributed by atoms with Crippen LogP contribution in [0.4, 0.5) is 0 Å². The Morgan fingerprint density at radius 3 is 2.88 bits per heavy atom. The topological polar surface area (TPSA) is 43.1 Å². The molecule has 2 N–H and O–H groups in total. The third-order valence-electron chi connectivity index (χ3n) is 3.17. The third-order valence-corrected chi connectivity index (χ3v) is 3.17. The van der Waals surface area contributed by atoms with Crippen LogP contribution in [-0.4, -0.2) is 11.8 Å². The molecule has 0 saturated carbocycles. The molecule has 2 rings (SSSR count). The molecular weight excluding hydrogens is 198 g/mol. The van der Waals surface area contributed by atoms with Gasteiger partial charge in [-0.05, 0) is 43.4 Å². The summed E-state index contributed by atoms with van der Waals surface area (Å²) in [5.74, 6) is 0. The second-order valence-electron chi connectivity index (χ2n) is 4.83. The average Bonchev–Trinajstić information content (AvgIpc) is 2.29. The van der Waals surface area contributed by atoms with E-state index >= 15 is 0 Å². The summed E-state index contributed by atoms with van der Waals surface area (Å²) in [6, 6.07) is 7.75. The molecule has 1 atom stereocenters. The summed E-state index contributed by atoms with van der Waals surface area (Å²) >= 11 is 0. The van der Waals surface area contributed by atoms with Crippen molar-refractivity contribution < 1.29 is 4.79 Å². The Kier molecular flexibility index (Phi) is 2.92. The number of hydrogen-bond acceptors (Lipinski definition) is 2. The maximum absolute atomic E-state index is 10.7. The molecule has 0 saturated heterocycles. The molecule has 16 heavy (non-hydrogen) atoms. The Labute approximate surface area is 96.2 Å². The smallest absolute Gasteiger partial charge is 0.150 e. The molecule has 0 heterocycles. The van der Waals surface area contributed by atoms with Crippen LogP contribution in [0.2, 0.25) is 0 Å². The second-order valence-corrected chi connectivity index (χ2v) is 4.83. The largest absolute Gasteiger partial charge is 0.325 e. The Hall–Kier alpha value is -1.41. The third kappa shape index (κ3) is 2.39. The summed E-state index contributed by atoms with van der Waals surface area (Å²) in [4.78, 5) is 10.7. The summed E-state index contributed by atoms with van der Waals surface area (Å²) < 4.78 is 0. The first-order valence-electron chi connectivity index (χ1n) is 5.64. The van der Waals surface area contributed by atoms with Gasteiger partial charge in [0.25, 0.3) is 0 Å². The van der Waals surface area contributed by atoms with Gasteiger partial charge in [0.05, 0.1) is 0 Å². The van der Waals surface area contributed by atoms with Gasteiger partial charge in [-0.25, -0.2) is 0 Å². The summed E-state index contributed by atoms with van der Waals surface area (Å²) in [5, 5.41) is 0. The molecule has 84 valence electrons. The number of carbonyl (C=O) groups is 1.